The van der Waals surface area contributed by atoms with Crippen LogP contribution in [0.2, 0.25) is 0 Å². The topological polar surface area (TPSA) is 16.1 Å². The summed E-state index contributed by atoms with van der Waals surface area (Å²) in [6, 6.07) is 25.5. The van der Waals surface area contributed by atoms with Crippen molar-refractivity contribution in [2.75, 3.05) is 18.0 Å². The number of piperidine rings is 1. The Hall–Kier alpha value is -2.61. The van der Waals surface area contributed by atoms with Gasteiger partial charge in [0.25, 0.3) is 0 Å². The molecule has 120 valence electrons. The summed E-state index contributed by atoms with van der Waals surface area (Å²) < 4.78 is 0. The zero-order valence-electron chi connectivity index (χ0n) is 13.9. The van der Waals surface area contributed by atoms with Crippen LogP contribution in [0.4, 0.5) is 5.82 Å². The SMILES string of the molecule is c1ccc(-c2cc(-c3ccccc3)nc(N3CCCCC3)c2)cc1. The van der Waals surface area contributed by atoms with E-state index in [1.165, 1.54) is 36.0 Å². The second-order valence-electron chi connectivity index (χ2n) is 6.38. The van der Waals surface area contributed by atoms with Crippen LogP contribution in [0.5, 0.6) is 0 Å². The van der Waals surface area contributed by atoms with Crippen molar-refractivity contribution in [1.29, 1.82) is 0 Å². The third kappa shape index (κ3) is 3.18. The van der Waals surface area contributed by atoms with Crippen LogP contribution in [0.25, 0.3) is 22.4 Å². The Balaban J connectivity index is 1.81. The highest BCUT2D eigenvalue weighted by Crippen LogP contribution is 2.30. The molecule has 0 N–H and O–H groups in total. The van der Waals surface area contributed by atoms with Crippen LogP contribution in [0, 0.1) is 0 Å². The molecule has 1 aliphatic rings. The second kappa shape index (κ2) is 6.88. The lowest BCUT2D eigenvalue weighted by Gasteiger charge is -2.28. The first-order chi connectivity index (χ1) is 11.9. The Morgan fingerprint density at radius 2 is 1.25 bits per heavy atom. The van der Waals surface area contributed by atoms with E-state index in [1.807, 2.05) is 0 Å². The molecule has 0 amide bonds. The van der Waals surface area contributed by atoms with Crippen LogP contribution >= 0.6 is 0 Å². The molecule has 0 saturated carbocycles. The maximum absolute atomic E-state index is 4.98. The predicted octanol–water partition coefficient (Wildman–Crippen LogP) is 5.41. The Morgan fingerprint density at radius 1 is 0.625 bits per heavy atom. The fourth-order valence-electron chi connectivity index (χ4n) is 3.36. The Kier molecular flexibility index (Phi) is 4.28. The summed E-state index contributed by atoms with van der Waals surface area (Å²) >= 11 is 0. The van der Waals surface area contributed by atoms with Gasteiger partial charge in [0.05, 0.1) is 5.69 Å². The third-order valence-electron chi connectivity index (χ3n) is 4.67. The summed E-state index contributed by atoms with van der Waals surface area (Å²) in [5.41, 5.74) is 4.71. The van der Waals surface area contributed by atoms with Gasteiger partial charge in [-0.1, -0.05) is 60.7 Å². The molecule has 1 aliphatic heterocycles. The summed E-state index contributed by atoms with van der Waals surface area (Å²) in [6.45, 7) is 2.22. The molecule has 1 saturated heterocycles. The average Bonchev–Trinajstić information content (AvgIpc) is 2.70. The monoisotopic (exact) mass is 314 g/mol. The Bertz CT molecular complexity index is 733. The lowest BCUT2D eigenvalue weighted by molar-refractivity contribution is 0.574. The fraction of sp³-hybridized carbons (Fsp3) is 0.227. The van der Waals surface area contributed by atoms with Gasteiger partial charge in [-0.05, 0) is 42.5 Å². The summed E-state index contributed by atoms with van der Waals surface area (Å²) in [5, 5.41) is 0. The fourth-order valence-corrected chi connectivity index (χ4v) is 3.36. The van der Waals surface area contributed by atoms with E-state index in [1.54, 1.807) is 0 Å². The molecule has 2 nitrogen and oxygen atoms in total. The smallest absolute Gasteiger partial charge is 0.129 e. The highest BCUT2D eigenvalue weighted by atomic mass is 15.2. The van der Waals surface area contributed by atoms with E-state index < -0.39 is 0 Å². The molecular formula is C22H22N2. The molecular weight excluding hydrogens is 292 g/mol. The number of anilines is 1. The summed E-state index contributed by atoms with van der Waals surface area (Å²) in [5.74, 6) is 1.11. The standard InChI is InChI=1S/C22H22N2/c1-4-10-18(11-5-1)20-16-21(19-12-6-2-7-13-19)23-22(17-20)24-14-8-3-9-15-24/h1-2,4-7,10-13,16-17H,3,8-9,14-15H2. The van der Waals surface area contributed by atoms with E-state index in [4.69, 9.17) is 4.98 Å². The number of pyridine rings is 1. The molecule has 2 heterocycles. The van der Waals surface area contributed by atoms with E-state index in [2.05, 4.69) is 77.7 Å². The minimum Gasteiger partial charge on any atom is -0.357 e. The van der Waals surface area contributed by atoms with Crippen molar-refractivity contribution in [3.8, 4) is 22.4 Å². The molecule has 3 aromatic rings. The van der Waals surface area contributed by atoms with Crippen molar-refractivity contribution < 1.29 is 0 Å². The van der Waals surface area contributed by atoms with Crippen molar-refractivity contribution in [3.05, 3.63) is 72.8 Å². The van der Waals surface area contributed by atoms with Crippen LogP contribution in [0.15, 0.2) is 72.8 Å². The zero-order valence-corrected chi connectivity index (χ0v) is 13.9. The third-order valence-corrected chi connectivity index (χ3v) is 4.67. The van der Waals surface area contributed by atoms with Crippen LogP contribution in [0.3, 0.4) is 0 Å². The normalized spacial score (nSPS) is 14.6. The van der Waals surface area contributed by atoms with Gasteiger partial charge in [0.1, 0.15) is 5.82 Å². The van der Waals surface area contributed by atoms with Gasteiger partial charge in [-0.15, -0.1) is 0 Å². The molecule has 0 radical (unpaired) electrons. The summed E-state index contributed by atoms with van der Waals surface area (Å²) in [4.78, 5) is 7.41. The van der Waals surface area contributed by atoms with Crippen molar-refractivity contribution in [1.82, 2.24) is 4.98 Å². The quantitative estimate of drug-likeness (QED) is 0.643. The Morgan fingerprint density at radius 3 is 1.92 bits per heavy atom. The first-order valence-electron chi connectivity index (χ1n) is 8.78. The van der Waals surface area contributed by atoms with Crippen LogP contribution in [-0.4, -0.2) is 18.1 Å². The van der Waals surface area contributed by atoms with Crippen LogP contribution < -0.4 is 4.90 Å². The number of hydrogen-bond acceptors (Lipinski definition) is 2. The van der Waals surface area contributed by atoms with Gasteiger partial charge < -0.3 is 4.90 Å². The van der Waals surface area contributed by atoms with E-state index in [-0.39, 0.29) is 0 Å². The summed E-state index contributed by atoms with van der Waals surface area (Å²) in [7, 11) is 0. The van der Waals surface area contributed by atoms with Gasteiger partial charge >= 0.3 is 0 Å². The molecule has 1 aromatic heterocycles. The maximum Gasteiger partial charge on any atom is 0.129 e. The van der Waals surface area contributed by atoms with Gasteiger partial charge in [-0.2, -0.15) is 0 Å². The molecule has 24 heavy (non-hydrogen) atoms. The minimum absolute atomic E-state index is 1.05. The lowest BCUT2D eigenvalue weighted by Crippen LogP contribution is -2.30. The van der Waals surface area contributed by atoms with Gasteiger partial charge in [-0.25, -0.2) is 4.98 Å². The highest BCUT2D eigenvalue weighted by Gasteiger charge is 2.15. The van der Waals surface area contributed by atoms with Gasteiger partial charge in [0.2, 0.25) is 0 Å². The second-order valence-corrected chi connectivity index (χ2v) is 6.38. The summed E-state index contributed by atoms with van der Waals surface area (Å²) in [6.07, 6.45) is 3.86. The molecule has 1 fully saturated rings. The number of aromatic nitrogens is 1. The number of hydrogen-bond donors (Lipinski definition) is 0. The number of benzene rings is 2. The zero-order chi connectivity index (χ0) is 16.2. The molecule has 0 aliphatic carbocycles. The van der Waals surface area contributed by atoms with E-state index in [0.717, 1.165) is 24.6 Å². The minimum atomic E-state index is 1.05. The van der Waals surface area contributed by atoms with Crippen molar-refractivity contribution in [2.45, 2.75) is 19.3 Å². The molecule has 0 spiro atoms. The number of rotatable bonds is 3. The largest absolute Gasteiger partial charge is 0.357 e. The molecule has 0 atom stereocenters. The van der Waals surface area contributed by atoms with Gasteiger partial charge in [0, 0.05) is 18.7 Å². The van der Waals surface area contributed by atoms with Gasteiger partial charge in [-0.3, -0.25) is 0 Å². The van der Waals surface area contributed by atoms with E-state index in [9.17, 15) is 0 Å². The molecule has 4 rings (SSSR count). The molecule has 0 unspecified atom stereocenters. The highest BCUT2D eigenvalue weighted by molar-refractivity contribution is 5.74. The van der Waals surface area contributed by atoms with Crippen LogP contribution in [-0.2, 0) is 0 Å². The van der Waals surface area contributed by atoms with Crippen molar-refractivity contribution in [2.24, 2.45) is 0 Å². The van der Waals surface area contributed by atoms with E-state index in [0.29, 0.717) is 0 Å². The van der Waals surface area contributed by atoms with Crippen LogP contribution in [0.1, 0.15) is 19.3 Å². The lowest BCUT2D eigenvalue weighted by atomic mass is 10.0. The molecule has 0 bridgehead atoms. The predicted molar refractivity (Wildman–Crippen MR) is 101 cm³/mol. The van der Waals surface area contributed by atoms with E-state index >= 15 is 0 Å². The maximum atomic E-state index is 4.98. The average molecular weight is 314 g/mol. The molecule has 2 heteroatoms. The Labute approximate surface area is 143 Å². The first-order valence-corrected chi connectivity index (χ1v) is 8.78. The van der Waals surface area contributed by atoms with Crippen molar-refractivity contribution >= 4 is 5.82 Å². The number of nitrogens with zero attached hydrogens (tertiary/aromatic N) is 2. The van der Waals surface area contributed by atoms with Crippen molar-refractivity contribution in [3.63, 3.8) is 0 Å². The molecule has 2 aromatic carbocycles. The first kappa shape index (κ1) is 14.9. The van der Waals surface area contributed by atoms with Gasteiger partial charge in [0.15, 0.2) is 0 Å².